The molecule has 24 heavy (non-hydrogen) atoms. The van der Waals surface area contributed by atoms with Gasteiger partial charge in [-0.05, 0) is 56.9 Å². The number of nitrogens with zero attached hydrogens (tertiary/aromatic N) is 1. The summed E-state index contributed by atoms with van der Waals surface area (Å²) in [7, 11) is -0.463. The first-order chi connectivity index (χ1) is 11.3. The second kappa shape index (κ2) is 6.18. The highest BCUT2D eigenvalue weighted by atomic mass is 19.1. The van der Waals surface area contributed by atoms with Crippen molar-refractivity contribution in [2.75, 3.05) is 0 Å². The summed E-state index contributed by atoms with van der Waals surface area (Å²) in [6.07, 6.45) is 1.65. The topological polar surface area (TPSA) is 40.6 Å². The van der Waals surface area contributed by atoms with E-state index in [0.717, 1.165) is 11.0 Å². The molecular weight excluding hydrogens is 308 g/mol. The van der Waals surface area contributed by atoms with Gasteiger partial charge >= 0.3 is 7.12 Å². The Morgan fingerprint density at radius 1 is 1.08 bits per heavy atom. The second-order valence-electron chi connectivity index (χ2n) is 6.93. The van der Waals surface area contributed by atoms with Crippen molar-refractivity contribution in [1.29, 1.82) is 0 Å². The summed E-state index contributed by atoms with van der Waals surface area (Å²) in [6, 6.07) is 9.95. The molecule has 0 atom stereocenters. The van der Waals surface area contributed by atoms with Crippen molar-refractivity contribution in [2.45, 2.75) is 45.5 Å². The zero-order chi connectivity index (χ0) is 17.4. The average Bonchev–Trinajstić information content (AvgIpc) is 2.74. The largest absolute Gasteiger partial charge is 0.495 e. The van der Waals surface area contributed by atoms with Gasteiger partial charge in [0.15, 0.2) is 0 Å². The Balaban J connectivity index is 1.71. The van der Waals surface area contributed by atoms with Crippen molar-refractivity contribution in [3.05, 3.63) is 54.0 Å². The molecule has 0 radical (unpaired) electrons. The van der Waals surface area contributed by atoms with E-state index >= 15 is 0 Å². The molecule has 1 aromatic carbocycles. The summed E-state index contributed by atoms with van der Waals surface area (Å²) in [6.45, 7) is 8.29. The summed E-state index contributed by atoms with van der Waals surface area (Å²) < 4.78 is 30.9. The maximum Gasteiger partial charge on any atom is 0.495 e. The van der Waals surface area contributed by atoms with Crippen LogP contribution in [-0.4, -0.2) is 23.3 Å². The summed E-state index contributed by atoms with van der Waals surface area (Å²) in [5.74, 6) is 0.168. The van der Waals surface area contributed by atoms with Gasteiger partial charge in [0.05, 0.1) is 11.2 Å². The first kappa shape index (κ1) is 16.9. The van der Waals surface area contributed by atoms with Crippen molar-refractivity contribution in [1.82, 2.24) is 4.98 Å². The van der Waals surface area contributed by atoms with Gasteiger partial charge in [0.25, 0.3) is 0 Å². The number of ether oxygens (including phenoxy) is 1. The maximum absolute atomic E-state index is 13.2. The molecule has 6 heteroatoms. The molecule has 1 aliphatic heterocycles. The Hall–Kier alpha value is -1.92. The molecule has 0 N–H and O–H groups in total. The van der Waals surface area contributed by atoms with Gasteiger partial charge in [-0.2, -0.15) is 0 Å². The summed E-state index contributed by atoms with van der Waals surface area (Å²) in [5, 5.41) is 0. The minimum absolute atomic E-state index is 0.248. The number of hydrogen-bond acceptors (Lipinski definition) is 4. The van der Waals surface area contributed by atoms with Gasteiger partial charge in [-0.15, -0.1) is 0 Å². The van der Waals surface area contributed by atoms with Gasteiger partial charge in [-0.3, -0.25) is 0 Å². The summed E-state index contributed by atoms with van der Waals surface area (Å²) >= 11 is 0. The number of pyridine rings is 1. The van der Waals surface area contributed by atoms with E-state index in [0.29, 0.717) is 5.88 Å². The van der Waals surface area contributed by atoms with Crippen LogP contribution in [0.25, 0.3) is 0 Å². The van der Waals surface area contributed by atoms with Crippen LogP contribution in [-0.2, 0) is 15.9 Å². The van der Waals surface area contributed by atoms with Crippen LogP contribution >= 0.6 is 0 Å². The van der Waals surface area contributed by atoms with Gasteiger partial charge < -0.3 is 14.0 Å². The van der Waals surface area contributed by atoms with E-state index < -0.39 is 18.3 Å². The van der Waals surface area contributed by atoms with Crippen LogP contribution in [0.2, 0.25) is 0 Å². The molecule has 2 aromatic rings. The average molecular weight is 329 g/mol. The zero-order valence-electron chi connectivity index (χ0n) is 14.4. The first-order valence-corrected chi connectivity index (χ1v) is 7.96. The molecule has 1 saturated heterocycles. The van der Waals surface area contributed by atoms with Crippen molar-refractivity contribution in [3.8, 4) is 5.88 Å². The van der Waals surface area contributed by atoms with Gasteiger partial charge in [0.1, 0.15) is 12.4 Å². The molecular formula is C18H21BFNO3. The number of hydrogen-bond donors (Lipinski definition) is 0. The maximum atomic E-state index is 13.2. The summed E-state index contributed by atoms with van der Waals surface area (Å²) in [4.78, 5) is 4.19. The highest BCUT2D eigenvalue weighted by molar-refractivity contribution is 6.62. The monoisotopic (exact) mass is 329 g/mol. The third kappa shape index (κ3) is 3.44. The Kier molecular flexibility index (Phi) is 4.36. The van der Waals surface area contributed by atoms with E-state index in [1.807, 2.05) is 33.8 Å². The molecule has 0 saturated carbocycles. The van der Waals surface area contributed by atoms with Crippen LogP contribution in [0, 0.1) is 5.82 Å². The van der Waals surface area contributed by atoms with Crippen LogP contribution in [0.1, 0.15) is 33.3 Å². The van der Waals surface area contributed by atoms with Gasteiger partial charge in [-0.25, -0.2) is 9.37 Å². The molecule has 0 amide bonds. The van der Waals surface area contributed by atoms with Gasteiger partial charge in [0.2, 0.25) is 5.88 Å². The molecule has 0 spiro atoms. The number of rotatable bonds is 4. The normalized spacial score (nSPS) is 18.6. The molecule has 1 fully saturated rings. The quantitative estimate of drug-likeness (QED) is 0.808. The Labute approximate surface area is 142 Å². The van der Waals surface area contributed by atoms with Crippen molar-refractivity contribution in [2.24, 2.45) is 0 Å². The third-order valence-electron chi connectivity index (χ3n) is 4.56. The lowest BCUT2D eigenvalue weighted by molar-refractivity contribution is 0.00578. The minimum atomic E-state index is -0.463. The van der Waals surface area contributed by atoms with Crippen LogP contribution < -0.4 is 10.2 Å². The fraction of sp³-hybridized carbons (Fsp3) is 0.389. The Morgan fingerprint density at radius 3 is 2.46 bits per heavy atom. The predicted octanol–water partition coefficient (Wildman–Crippen LogP) is 3.10. The number of benzene rings is 1. The van der Waals surface area contributed by atoms with Crippen molar-refractivity contribution in [3.63, 3.8) is 0 Å². The van der Waals surface area contributed by atoms with Crippen molar-refractivity contribution >= 4 is 12.6 Å². The molecule has 1 aromatic heterocycles. The molecule has 4 nitrogen and oxygen atoms in total. The van der Waals surface area contributed by atoms with Gasteiger partial charge in [-0.1, -0.05) is 12.1 Å². The highest BCUT2D eigenvalue weighted by Crippen LogP contribution is 2.36. The number of halogens is 1. The molecule has 0 aliphatic carbocycles. The first-order valence-electron chi connectivity index (χ1n) is 7.96. The smallest absolute Gasteiger partial charge is 0.473 e. The van der Waals surface area contributed by atoms with E-state index in [9.17, 15) is 4.39 Å². The van der Waals surface area contributed by atoms with E-state index in [4.69, 9.17) is 14.0 Å². The van der Waals surface area contributed by atoms with E-state index in [2.05, 4.69) is 4.98 Å². The highest BCUT2D eigenvalue weighted by Gasteiger charge is 2.51. The SMILES string of the molecule is CC1(C)OB(c2ccnc(OCc3cccc(F)c3)c2)OC1(C)C. The van der Waals surface area contributed by atoms with Crippen LogP contribution in [0.5, 0.6) is 5.88 Å². The van der Waals surface area contributed by atoms with E-state index in [1.54, 1.807) is 24.4 Å². The van der Waals surface area contributed by atoms with Gasteiger partial charge in [0, 0.05) is 12.3 Å². The van der Waals surface area contributed by atoms with E-state index in [-0.39, 0.29) is 12.4 Å². The molecule has 1 aliphatic rings. The lowest BCUT2D eigenvalue weighted by Crippen LogP contribution is -2.41. The molecule has 126 valence electrons. The van der Waals surface area contributed by atoms with Crippen LogP contribution in [0.3, 0.4) is 0 Å². The fourth-order valence-corrected chi connectivity index (χ4v) is 2.41. The Bertz CT molecular complexity index is 720. The molecule has 0 bridgehead atoms. The predicted molar refractivity (Wildman–Crippen MR) is 90.7 cm³/mol. The Morgan fingerprint density at radius 2 is 1.79 bits per heavy atom. The van der Waals surface area contributed by atoms with E-state index in [1.165, 1.54) is 12.1 Å². The minimum Gasteiger partial charge on any atom is -0.473 e. The molecule has 0 unspecified atom stereocenters. The zero-order valence-corrected chi connectivity index (χ0v) is 14.4. The van der Waals surface area contributed by atoms with Crippen LogP contribution in [0.4, 0.5) is 4.39 Å². The lowest BCUT2D eigenvalue weighted by atomic mass is 9.80. The number of aromatic nitrogens is 1. The lowest BCUT2D eigenvalue weighted by Gasteiger charge is -2.32. The second-order valence-corrected chi connectivity index (χ2v) is 6.93. The molecule has 2 heterocycles. The summed E-state index contributed by atoms with van der Waals surface area (Å²) in [5.41, 5.74) is 0.795. The van der Waals surface area contributed by atoms with Crippen LogP contribution in [0.15, 0.2) is 42.6 Å². The fourth-order valence-electron chi connectivity index (χ4n) is 2.41. The van der Waals surface area contributed by atoms with Crippen molar-refractivity contribution < 1.29 is 18.4 Å². The standard InChI is InChI=1S/C18H21BFNO3/c1-17(2)18(3,4)24-19(23-17)14-8-9-21-16(11-14)22-12-13-6-5-7-15(20)10-13/h5-11H,12H2,1-4H3. The third-order valence-corrected chi connectivity index (χ3v) is 4.56. The molecule has 3 rings (SSSR count).